The fourth-order valence-electron chi connectivity index (χ4n) is 1.39. The Kier molecular flexibility index (Phi) is 2.57. The summed E-state index contributed by atoms with van der Waals surface area (Å²) in [5.74, 6) is 0.220. The van der Waals surface area contributed by atoms with Gasteiger partial charge in [0, 0.05) is 0 Å². The molecule has 6 nitrogen and oxygen atoms in total. The van der Waals surface area contributed by atoms with Crippen molar-refractivity contribution in [3.05, 3.63) is 23.8 Å². The molecule has 1 unspecified atom stereocenters. The van der Waals surface area contributed by atoms with E-state index in [1.54, 1.807) is 6.07 Å². The summed E-state index contributed by atoms with van der Waals surface area (Å²) in [7, 11) is 1.81. The van der Waals surface area contributed by atoms with Crippen molar-refractivity contribution in [1.29, 1.82) is 0 Å². The Morgan fingerprint density at radius 1 is 1.44 bits per heavy atom. The zero-order valence-electron chi connectivity index (χ0n) is 9.25. The summed E-state index contributed by atoms with van der Waals surface area (Å²) in [6.07, 6.45) is 1.41. The molecular formula is C10H14N5O+. The third kappa shape index (κ3) is 2.17. The van der Waals surface area contributed by atoms with Gasteiger partial charge < -0.3 is 10.4 Å². The Morgan fingerprint density at radius 3 is 2.94 bits per heavy atom. The first-order chi connectivity index (χ1) is 7.59. The lowest BCUT2D eigenvalue weighted by Gasteiger charge is -2.17. The van der Waals surface area contributed by atoms with Crippen LogP contribution in [0.5, 0.6) is 5.75 Å². The van der Waals surface area contributed by atoms with Crippen molar-refractivity contribution in [1.82, 2.24) is 0 Å². The molecule has 84 valence electrons. The van der Waals surface area contributed by atoms with E-state index in [-0.39, 0.29) is 10.5 Å². The van der Waals surface area contributed by atoms with Gasteiger partial charge in [-0.05, 0) is 34.4 Å². The molecule has 1 aromatic rings. The van der Waals surface area contributed by atoms with Crippen LogP contribution in [0.15, 0.2) is 33.6 Å². The monoisotopic (exact) mass is 220 g/mol. The number of anilines is 1. The molecule has 1 aromatic carbocycles. The van der Waals surface area contributed by atoms with Crippen LogP contribution in [-0.4, -0.2) is 29.9 Å². The predicted octanol–water partition coefficient (Wildman–Crippen LogP) is 1.84. The van der Waals surface area contributed by atoms with E-state index in [4.69, 9.17) is 0 Å². The first-order valence-electron chi connectivity index (χ1n) is 4.95. The van der Waals surface area contributed by atoms with Gasteiger partial charge >= 0.3 is 0 Å². The van der Waals surface area contributed by atoms with E-state index in [1.807, 2.05) is 26.1 Å². The predicted molar refractivity (Wildman–Crippen MR) is 60.9 cm³/mol. The van der Waals surface area contributed by atoms with Crippen molar-refractivity contribution in [2.45, 2.75) is 6.92 Å². The van der Waals surface area contributed by atoms with Gasteiger partial charge in [-0.2, -0.15) is 0 Å². The number of aromatic hydroxyl groups is 1. The van der Waals surface area contributed by atoms with E-state index in [2.05, 4.69) is 20.8 Å². The van der Waals surface area contributed by atoms with Crippen molar-refractivity contribution in [2.75, 3.05) is 19.0 Å². The fraction of sp³-hybridized carbons (Fsp3) is 0.300. The molecule has 0 aliphatic carbocycles. The third-order valence-corrected chi connectivity index (χ3v) is 2.32. The van der Waals surface area contributed by atoms with Gasteiger partial charge in [-0.3, -0.25) is 0 Å². The molecule has 1 atom stereocenters. The van der Waals surface area contributed by atoms with E-state index in [0.717, 1.165) is 5.56 Å². The first kappa shape index (κ1) is 10.6. The molecule has 0 bridgehead atoms. The van der Waals surface area contributed by atoms with Crippen molar-refractivity contribution >= 4 is 12.0 Å². The topological polar surface area (TPSA) is 69.3 Å². The van der Waals surface area contributed by atoms with Crippen LogP contribution in [0.2, 0.25) is 0 Å². The molecule has 6 heteroatoms. The van der Waals surface area contributed by atoms with E-state index in [1.165, 1.54) is 6.34 Å². The number of aryl methyl sites for hydroxylation is 1. The minimum absolute atomic E-state index is 0.0907. The number of nitrogens with zero attached hydrogens (tertiary/aromatic N) is 4. The van der Waals surface area contributed by atoms with Gasteiger partial charge in [0.1, 0.15) is 12.8 Å². The highest BCUT2D eigenvalue weighted by Gasteiger charge is 2.24. The van der Waals surface area contributed by atoms with Gasteiger partial charge in [0.15, 0.2) is 0 Å². The molecule has 1 aliphatic heterocycles. The molecule has 0 amide bonds. The van der Waals surface area contributed by atoms with Crippen molar-refractivity contribution in [3.63, 3.8) is 0 Å². The number of hydrogen-bond donors (Lipinski definition) is 2. The molecule has 0 fully saturated rings. The van der Waals surface area contributed by atoms with E-state index in [9.17, 15) is 5.11 Å². The zero-order valence-corrected chi connectivity index (χ0v) is 9.25. The van der Waals surface area contributed by atoms with Crippen molar-refractivity contribution < 1.29 is 9.81 Å². The normalized spacial score (nSPS) is 22.6. The number of benzene rings is 1. The molecule has 0 spiro atoms. The van der Waals surface area contributed by atoms with Crippen LogP contribution in [0.1, 0.15) is 5.56 Å². The van der Waals surface area contributed by atoms with Crippen molar-refractivity contribution in [2.24, 2.45) is 15.4 Å². The van der Waals surface area contributed by atoms with Crippen LogP contribution in [0.3, 0.4) is 0 Å². The summed E-state index contributed by atoms with van der Waals surface area (Å²) >= 11 is 0. The highest BCUT2D eigenvalue weighted by molar-refractivity contribution is 5.57. The van der Waals surface area contributed by atoms with Crippen LogP contribution >= 0.6 is 0 Å². The number of hydrogen-bond acceptors (Lipinski definition) is 5. The Labute approximate surface area is 93.5 Å². The van der Waals surface area contributed by atoms with Gasteiger partial charge in [-0.1, -0.05) is 11.2 Å². The maximum absolute atomic E-state index is 9.63. The molecule has 0 aromatic heterocycles. The van der Waals surface area contributed by atoms with Gasteiger partial charge in [-0.15, -0.1) is 0 Å². The SMILES string of the molecule is Cc1ccc(O)c(NC[N+]2(C)N=CN=N2)c1. The summed E-state index contributed by atoms with van der Waals surface area (Å²) in [5.41, 5.74) is 1.76. The number of phenols is 1. The minimum Gasteiger partial charge on any atom is -0.506 e. The second-order valence-corrected chi connectivity index (χ2v) is 3.88. The standard InChI is InChI=1S/C10H13N5O/c1-8-3-4-10(16)9(5-8)11-7-15(2)13-6-12-14-15/h3-6H,7H2,1-2H3,(H-,11,12,13,14,16)/p+1. The molecule has 0 saturated heterocycles. The summed E-state index contributed by atoms with van der Waals surface area (Å²) in [6, 6.07) is 5.38. The summed E-state index contributed by atoms with van der Waals surface area (Å²) in [5, 5.41) is 24.4. The largest absolute Gasteiger partial charge is 0.506 e. The van der Waals surface area contributed by atoms with Crippen LogP contribution in [0, 0.1) is 6.92 Å². The Hall–Kier alpha value is -1.95. The van der Waals surface area contributed by atoms with Crippen LogP contribution in [0.4, 0.5) is 5.69 Å². The quantitative estimate of drug-likeness (QED) is 0.602. The van der Waals surface area contributed by atoms with E-state index >= 15 is 0 Å². The lowest BCUT2D eigenvalue weighted by atomic mass is 10.2. The average Bonchev–Trinajstić information content (AvgIpc) is 2.67. The van der Waals surface area contributed by atoms with Crippen molar-refractivity contribution in [3.8, 4) is 5.75 Å². The van der Waals surface area contributed by atoms with Gasteiger partial charge in [0.25, 0.3) is 0 Å². The number of rotatable bonds is 3. The Bertz CT molecular complexity index is 443. The highest BCUT2D eigenvalue weighted by atomic mass is 16.3. The number of nitrogens with one attached hydrogen (secondary N) is 1. The summed E-state index contributed by atoms with van der Waals surface area (Å²) in [6.45, 7) is 2.41. The van der Waals surface area contributed by atoms with Crippen LogP contribution < -0.4 is 5.32 Å². The molecule has 1 heterocycles. The van der Waals surface area contributed by atoms with Crippen LogP contribution in [-0.2, 0) is 0 Å². The van der Waals surface area contributed by atoms with Gasteiger partial charge in [0.05, 0.1) is 10.9 Å². The maximum atomic E-state index is 9.63. The lowest BCUT2D eigenvalue weighted by molar-refractivity contribution is -0.920. The minimum atomic E-state index is 0.0907. The summed E-state index contributed by atoms with van der Waals surface area (Å²) in [4.78, 5) is 0. The van der Waals surface area contributed by atoms with Crippen LogP contribution in [0.25, 0.3) is 0 Å². The smallest absolute Gasteiger partial charge is 0.204 e. The molecule has 16 heavy (non-hydrogen) atoms. The Morgan fingerprint density at radius 2 is 2.25 bits per heavy atom. The highest BCUT2D eigenvalue weighted by Crippen LogP contribution is 2.24. The van der Waals surface area contributed by atoms with Gasteiger partial charge in [-0.25, -0.2) is 0 Å². The number of quaternary nitrogens is 1. The molecule has 0 saturated carbocycles. The Balaban J connectivity index is 2.07. The van der Waals surface area contributed by atoms with E-state index in [0.29, 0.717) is 12.4 Å². The maximum Gasteiger partial charge on any atom is 0.204 e. The fourth-order valence-corrected chi connectivity index (χ4v) is 1.39. The molecule has 1 aliphatic rings. The molecule has 2 N–H and O–H groups in total. The molecule has 2 rings (SSSR count). The first-order valence-corrected chi connectivity index (χ1v) is 4.95. The second kappa shape index (κ2) is 3.90. The lowest BCUT2D eigenvalue weighted by Crippen LogP contribution is -2.35. The third-order valence-electron chi connectivity index (χ3n) is 2.32. The summed E-state index contributed by atoms with van der Waals surface area (Å²) < 4.78 is 0.0907. The molecular weight excluding hydrogens is 206 g/mol. The van der Waals surface area contributed by atoms with Gasteiger partial charge in [0.2, 0.25) is 13.0 Å². The zero-order chi connectivity index (χ0) is 11.6. The molecule has 0 radical (unpaired) electrons. The second-order valence-electron chi connectivity index (χ2n) is 3.88. The number of phenolic OH excluding ortho intramolecular Hbond substituents is 1. The average molecular weight is 220 g/mol. The van der Waals surface area contributed by atoms with E-state index < -0.39 is 0 Å².